The van der Waals surface area contributed by atoms with E-state index in [4.69, 9.17) is 33.0 Å². The summed E-state index contributed by atoms with van der Waals surface area (Å²) in [4.78, 5) is 15.6. The van der Waals surface area contributed by atoms with Gasteiger partial charge in [-0.25, -0.2) is 9.78 Å². The van der Waals surface area contributed by atoms with Gasteiger partial charge in [0, 0.05) is 6.61 Å². The fraction of sp³-hybridized carbons (Fsp3) is 0.500. The Kier molecular flexibility index (Phi) is 5.40. The summed E-state index contributed by atoms with van der Waals surface area (Å²) in [6.07, 6.45) is -0.342. The fourth-order valence-electron chi connectivity index (χ4n) is 1.39. The number of rotatable bonds is 3. The van der Waals surface area contributed by atoms with Crippen LogP contribution in [-0.2, 0) is 11.2 Å². The maximum absolute atomic E-state index is 11.7. The van der Waals surface area contributed by atoms with Gasteiger partial charge >= 0.3 is 6.09 Å². The zero-order chi connectivity index (χ0) is 14.6. The summed E-state index contributed by atoms with van der Waals surface area (Å²) in [5.74, 6) is 0. The summed E-state index contributed by atoms with van der Waals surface area (Å²) < 4.78 is 5.13. The lowest BCUT2D eigenvalue weighted by Crippen LogP contribution is -2.27. The van der Waals surface area contributed by atoms with Crippen LogP contribution in [0.1, 0.15) is 26.3 Å². The molecule has 0 saturated heterocycles. The molecular weight excluding hydrogens is 291 g/mol. The first-order valence-corrected chi connectivity index (χ1v) is 6.44. The Balaban J connectivity index is 2.96. The molecule has 1 aromatic heterocycles. The van der Waals surface area contributed by atoms with E-state index in [1.165, 1.54) is 6.07 Å². The van der Waals surface area contributed by atoms with E-state index in [0.717, 1.165) is 0 Å². The number of pyridine rings is 1. The first-order valence-electron chi connectivity index (χ1n) is 5.68. The minimum atomic E-state index is -0.641. The van der Waals surface area contributed by atoms with Crippen molar-refractivity contribution in [2.45, 2.75) is 32.8 Å². The summed E-state index contributed by atoms with van der Waals surface area (Å²) >= 11 is 11.7. The van der Waals surface area contributed by atoms with Crippen LogP contribution in [0.15, 0.2) is 6.07 Å². The first kappa shape index (κ1) is 16.0. The van der Waals surface area contributed by atoms with E-state index in [0.29, 0.717) is 17.7 Å². The Morgan fingerprint density at radius 3 is 2.63 bits per heavy atom. The van der Waals surface area contributed by atoms with E-state index < -0.39 is 11.7 Å². The predicted molar refractivity (Wildman–Crippen MR) is 74.9 cm³/mol. The molecule has 19 heavy (non-hydrogen) atoms. The Morgan fingerprint density at radius 1 is 1.47 bits per heavy atom. The van der Waals surface area contributed by atoms with Gasteiger partial charge in [0.05, 0.1) is 5.69 Å². The lowest BCUT2D eigenvalue weighted by Gasteiger charge is -2.20. The molecule has 0 radical (unpaired) electrons. The zero-order valence-corrected chi connectivity index (χ0v) is 12.5. The second kappa shape index (κ2) is 6.41. The maximum atomic E-state index is 11.7. The van der Waals surface area contributed by atoms with Crippen molar-refractivity contribution in [1.29, 1.82) is 0 Å². The van der Waals surface area contributed by atoms with Crippen molar-refractivity contribution >= 4 is 35.0 Å². The van der Waals surface area contributed by atoms with Crippen molar-refractivity contribution in [2.75, 3.05) is 11.9 Å². The van der Waals surface area contributed by atoms with Crippen molar-refractivity contribution in [2.24, 2.45) is 0 Å². The number of hydrogen-bond donors (Lipinski definition) is 2. The summed E-state index contributed by atoms with van der Waals surface area (Å²) in [6, 6.07) is 1.54. The van der Waals surface area contributed by atoms with E-state index in [2.05, 4.69) is 10.3 Å². The number of nitrogens with zero attached hydrogens (tertiary/aromatic N) is 1. The molecular formula is C12H16Cl2N2O3. The lowest BCUT2D eigenvalue weighted by molar-refractivity contribution is 0.0635. The van der Waals surface area contributed by atoms with Gasteiger partial charge in [-0.15, -0.1) is 0 Å². The van der Waals surface area contributed by atoms with Gasteiger partial charge < -0.3 is 9.84 Å². The van der Waals surface area contributed by atoms with E-state index in [-0.39, 0.29) is 16.9 Å². The number of aliphatic hydroxyl groups excluding tert-OH is 1. The number of carbonyl (C=O) groups excluding carboxylic acids is 1. The quantitative estimate of drug-likeness (QED) is 0.841. The molecule has 0 spiro atoms. The smallest absolute Gasteiger partial charge is 0.412 e. The number of aliphatic hydroxyl groups is 1. The van der Waals surface area contributed by atoms with Crippen LogP contribution in [-0.4, -0.2) is 28.4 Å². The molecule has 1 rings (SSSR count). The Bertz CT molecular complexity index is 473. The average molecular weight is 307 g/mol. The zero-order valence-electron chi connectivity index (χ0n) is 11.0. The van der Waals surface area contributed by atoms with Gasteiger partial charge in [-0.2, -0.15) is 0 Å². The summed E-state index contributed by atoms with van der Waals surface area (Å²) in [5, 5.41) is 11.8. The van der Waals surface area contributed by atoms with Crippen molar-refractivity contribution < 1.29 is 14.6 Å². The molecule has 1 amide bonds. The summed E-state index contributed by atoms with van der Waals surface area (Å²) in [6.45, 7) is 5.16. The highest BCUT2D eigenvalue weighted by molar-refractivity contribution is 6.34. The molecule has 1 aromatic rings. The maximum Gasteiger partial charge on any atom is 0.412 e. The molecule has 0 saturated carbocycles. The van der Waals surface area contributed by atoms with Crippen LogP contribution in [0, 0.1) is 0 Å². The van der Waals surface area contributed by atoms with Gasteiger partial charge in [0.25, 0.3) is 0 Å². The minimum Gasteiger partial charge on any atom is -0.444 e. The molecule has 2 N–H and O–H groups in total. The van der Waals surface area contributed by atoms with E-state index in [1.54, 1.807) is 20.8 Å². The largest absolute Gasteiger partial charge is 0.444 e. The first-order chi connectivity index (χ1) is 8.73. The van der Waals surface area contributed by atoms with Gasteiger partial charge in [-0.1, -0.05) is 23.2 Å². The molecule has 106 valence electrons. The fourth-order valence-corrected chi connectivity index (χ4v) is 1.90. The third kappa shape index (κ3) is 5.22. The van der Waals surface area contributed by atoms with Gasteiger partial charge in [0.1, 0.15) is 10.8 Å². The molecule has 0 bridgehead atoms. The molecule has 0 aliphatic heterocycles. The lowest BCUT2D eigenvalue weighted by atomic mass is 10.1. The molecule has 0 atom stereocenters. The number of hydrogen-bond acceptors (Lipinski definition) is 4. The van der Waals surface area contributed by atoms with Crippen LogP contribution >= 0.6 is 23.2 Å². The molecule has 0 fully saturated rings. The second-order valence-electron chi connectivity index (χ2n) is 4.87. The van der Waals surface area contributed by atoms with Gasteiger partial charge in [-0.3, -0.25) is 5.32 Å². The number of carbonyl (C=O) groups is 1. The molecule has 0 unspecified atom stereocenters. The molecule has 5 nitrogen and oxygen atoms in total. The monoisotopic (exact) mass is 306 g/mol. The van der Waals surface area contributed by atoms with E-state index >= 15 is 0 Å². The highest BCUT2D eigenvalue weighted by Crippen LogP contribution is 2.28. The van der Waals surface area contributed by atoms with Crippen LogP contribution < -0.4 is 5.32 Å². The molecule has 0 aromatic carbocycles. The highest BCUT2D eigenvalue weighted by atomic mass is 35.5. The number of ether oxygens (including phenoxy) is 1. The molecule has 0 aliphatic carbocycles. The van der Waals surface area contributed by atoms with Gasteiger partial charge in [0.15, 0.2) is 5.15 Å². The van der Waals surface area contributed by atoms with Crippen LogP contribution in [0.4, 0.5) is 10.5 Å². The predicted octanol–water partition coefficient (Wildman–Crippen LogP) is 3.27. The number of anilines is 1. The number of halogens is 2. The minimum absolute atomic E-state index is 0.0572. The van der Waals surface area contributed by atoms with Crippen molar-refractivity contribution in [1.82, 2.24) is 4.98 Å². The SMILES string of the molecule is CC(C)(C)OC(=O)Nc1c(CCO)cc(Cl)nc1Cl. The van der Waals surface area contributed by atoms with Crippen molar-refractivity contribution in [3.05, 3.63) is 21.9 Å². The highest BCUT2D eigenvalue weighted by Gasteiger charge is 2.19. The van der Waals surface area contributed by atoms with Crippen LogP contribution in [0.5, 0.6) is 0 Å². The van der Waals surface area contributed by atoms with Crippen molar-refractivity contribution in [3.63, 3.8) is 0 Å². The molecule has 0 aliphatic rings. The van der Waals surface area contributed by atoms with E-state index in [1.807, 2.05) is 0 Å². The Labute approximate surface area is 121 Å². The second-order valence-corrected chi connectivity index (χ2v) is 5.62. The summed E-state index contributed by atoms with van der Waals surface area (Å²) in [5.41, 5.74) is 0.279. The number of nitrogens with one attached hydrogen (secondary N) is 1. The number of aromatic nitrogens is 1. The van der Waals surface area contributed by atoms with Crippen LogP contribution in [0.2, 0.25) is 10.3 Å². The molecule has 7 heteroatoms. The normalized spacial score (nSPS) is 11.3. The number of amides is 1. The Morgan fingerprint density at radius 2 is 2.11 bits per heavy atom. The van der Waals surface area contributed by atoms with Crippen LogP contribution in [0.3, 0.4) is 0 Å². The topological polar surface area (TPSA) is 71.5 Å². The van der Waals surface area contributed by atoms with E-state index in [9.17, 15) is 4.79 Å². The van der Waals surface area contributed by atoms with Crippen LogP contribution in [0.25, 0.3) is 0 Å². The summed E-state index contributed by atoms with van der Waals surface area (Å²) in [7, 11) is 0. The third-order valence-corrected chi connectivity index (χ3v) is 2.50. The third-order valence-electron chi connectivity index (χ3n) is 2.03. The molecule has 1 heterocycles. The van der Waals surface area contributed by atoms with Gasteiger partial charge in [0.2, 0.25) is 0 Å². The van der Waals surface area contributed by atoms with Gasteiger partial charge in [-0.05, 0) is 38.8 Å². The van der Waals surface area contributed by atoms with Crippen molar-refractivity contribution in [3.8, 4) is 0 Å². The standard InChI is InChI=1S/C12H16Cl2N2O3/c1-12(2,3)19-11(18)16-9-7(4-5-17)6-8(13)15-10(9)14/h6,17H,4-5H2,1-3H3,(H,16,18). The average Bonchev–Trinajstić information content (AvgIpc) is 2.21. The Hall–Kier alpha value is -1.04.